The maximum atomic E-state index is 12.9. The van der Waals surface area contributed by atoms with Crippen molar-refractivity contribution in [2.24, 2.45) is 0 Å². The lowest BCUT2D eigenvalue weighted by atomic mass is 9.94. The van der Waals surface area contributed by atoms with Crippen molar-refractivity contribution in [3.8, 4) is 0 Å². The molecule has 2 aromatic rings. The van der Waals surface area contributed by atoms with Crippen LogP contribution < -0.4 is 0 Å². The monoisotopic (exact) mass is 332 g/mol. The molecule has 0 radical (unpaired) electrons. The number of H-pyrrole nitrogens is 1. The third-order valence-corrected chi connectivity index (χ3v) is 7.00. The lowest BCUT2D eigenvalue weighted by Crippen LogP contribution is -2.28. The van der Waals surface area contributed by atoms with E-state index >= 15 is 0 Å². The summed E-state index contributed by atoms with van der Waals surface area (Å²) in [6.07, 6.45) is 4.13. The lowest BCUT2D eigenvalue weighted by molar-refractivity contribution is 0.0974. The standard InChI is InChI=1S/C17H20N2O3S/c1-11-9-12-14(18-13-5-4-6-15(20)17(12)13)10-16(11)23(21,22)19-7-2-3-8-19/h9-10,18H,2-8H2,1H3. The van der Waals surface area contributed by atoms with E-state index in [1.807, 2.05) is 13.0 Å². The number of hydrogen-bond donors (Lipinski definition) is 1. The van der Waals surface area contributed by atoms with E-state index < -0.39 is 10.0 Å². The van der Waals surface area contributed by atoms with Gasteiger partial charge in [-0.1, -0.05) is 0 Å². The van der Waals surface area contributed by atoms with Crippen molar-refractivity contribution in [3.63, 3.8) is 0 Å². The van der Waals surface area contributed by atoms with E-state index in [0.717, 1.165) is 47.8 Å². The van der Waals surface area contributed by atoms with Crippen molar-refractivity contribution in [3.05, 3.63) is 29.0 Å². The van der Waals surface area contributed by atoms with Crippen LogP contribution >= 0.6 is 0 Å². The van der Waals surface area contributed by atoms with Gasteiger partial charge in [0, 0.05) is 41.7 Å². The first-order valence-electron chi connectivity index (χ1n) is 8.17. The molecule has 1 aromatic heterocycles. The highest BCUT2D eigenvalue weighted by Gasteiger charge is 2.30. The van der Waals surface area contributed by atoms with Crippen molar-refractivity contribution in [2.75, 3.05) is 13.1 Å². The number of ketones is 1. The molecule has 1 aliphatic carbocycles. The largest absolute Gasteiger partial charge is 0.358 e. The van der Waals surface area contributed by atoms with E-state index in [-0.39, 0.29) is 5.78 Å². The van der Waals surface area contributed by atoms with E-state index in [1.165, 1.54) is 0 Å². The minimum atomic E-state index is -3.45. The smallest absolute Gasteiger partial charge is 0.243 e. The third-order valence-electron chi connectivity index (χ3n) is 4.96. The molecule has 1 N–H and O–H groups in total. The predicted octanol–water partition coefficient (Wildman–Crippen LogP) is 2.78. The second-order valence-electron chi connectivity index (χ2n) is 6.53. The fourth-order valence-corrected chi connectivity index (χ4v) is 5.54. The zero-order valence-corrected chi connectivity index (χ0v) is 14.0. The van der Waals surface area contributed by atoms with Gasteiger partial charge in [-0.05, 0) is 50.3 Å². The molecule has 1 saturated heterocycles. The number of sulfonamides is 1. The van der Waals surface area contributed by atoms with Gasteiger partial charge in [-0.15, -0.1) is 0 Å². The van der Waals surface area contributed by atoms with Crippen molar-refractivity contribution in [1.29, 1.82) is 0 Å². The van der Waals surface area contributed by atoms with Crippen LogP contribution in [0.3, 0.4) is 0 Å². The molecule has 1 aliphatic heterocycles. The topological polar surface area (TPSA) is 70.2 Å². The summed E-state index contributed by atoms with van der Waals surface area (Å²) in [5.41, 5.74) is 3.18. The quantitative estimate of drug-likeness (QED) is 0.919. The second-order valence-corrected chi connectivity index (χ2v) is 8.44. The molecule has 4 rings (SSSR count). The van der Waals surface area contributed by atoms with Crippen molar-refractivity contribution in [1.82, 2.24) is 9.29 Å². The molecular formula is C17H20N2O3S. The predicted molar refractivity (Wildman–Crippen MR) is 88.3 cm³/mol. The number of carbonyl (C=O) groups excluding carboxylic acids is 1. The number of carbonyl (C=O) groups is 1. The fourth-order valence-electron chi connectivity index (χ4n) is 3.79. The molecule has 23 heavy (non-hydrogen) atoms. The Balaban J connectivity index is 1.90. The molecule has 0 atom stereocenters. The van der Waals surface area contributed by atoms with Crippen LogP contribution in [0.15, 0.2) is 17.0 Å². The normalized spacial score (nSPS) is 19.4. The Morgan fingerprint density at radius 1 is 1.09 bits per heavy atom. The van der Waals surface area contributed by atoms with Gasteiger partial charge in [0.2, 0.25) is 10.0 Å². The van der Waals surface area contributed by atoms with Crippen LogP contribution in [0.25, 0.3) is 10.9 Å². The van der Waals surface area contributed by atoms with E-state index in [0.29, 0.717) is 30.0 Å². The first-order valence-corrected chi connectivity index (χ1v) is 9.61. The number of aryl methyl sites for hydroxylation is 2. The number of aromatic amines is 1. The Bertz CT molecular complexity index is 906. The Labute approximate surface area is 135 Å². The van der Waals surface area contributed by atoms with E-state index in [2.05, 4.69) is 4.98 Å². The SMILES string of the molecule is Cc1cc2c3c([nH]c2cc1S(=O)(=O)N1CCCC1)CCCC3=O. The van der Waals surface area contributed by atoms with Gasteiger partial charge in [-0.3, -0.25) is 4.79 Å². The van der Waals surface area contributed by atoms with Gasteiger partial charge >= 0.3 is 0 Å². The van der Waals surface area contributed by atoms with E-state index in [1.54, 1.807) is 10.4 Å². The second kappa shape index (κ2) is 5.18. The Kier molecular flexibility index (Phi) is 3.35. The summed E-state index contributed by atoms with van der Waals surface area (Å²) in [5.74, 6) is 0.159. The minimum absolute atomic E-state index is 0.159. The van der Waals surface area contributed by atoms with Gasteiger partial charge in [0.05, 0.1) is 4.90 Å². The van der Waals surface area contributed by atoms with Crippen molar-refractivity contribution >= 4 is 26.7 Å². The van der Waals surface area contributed by atoms with Crippen LogP contribution in [0.2, 0.25) is 0 Å². The summed E-state index contributed by atoms with van der Waals surface area (Å²) in [5, 5.41) is 0.863. The van der Waals surface area contributed by atoms with Crippen LogP contribution in [0.4, 0.5) is 0 Å². The van der Waals surface area contributed by atoms with Crippen LogP contribution in [-0.4, -0.2) is 36.6 Å². The highest BCUT2D eigenvalue weighted by atomic mass is 32.2. The van der Waals surface area contributed by atoms with Gasteiger partial charge < -0.3 is 4.98 Å². The third kappa shape index (κ3) is 2.23. The maximum absolute atomic E-state index is 12.9. The van der Waals surface area contributed by atoms with Crippen LogP contribution in [0.1, 0.15) is 47.3 Å². The summed E-state index contributed by atoms with van der Waals surface area (Å²) in [7, 11) is -3.45. The molecule has 122 valence electrons. The maximum Gasteiger partial charge on any atom is 0.243 e. The summed E-state index contributed by atoms with van der Waals surface area (Å²) in [4.78, 5) is 15.8. The minimum Gasteiger partial charge on any atom is -0.358 e. The van der Waals surface area contributed by atoms with Crippen molar-refractivity contribution < 1.29 is 13.2 Å². The number of nitrogens with zero attached hydrogens (tertiary/aromatic N) is 1. The average Bonchev–Trinajstić information content (AvgIpc) is 3.14. The molecular weight excluding hydrogens is 312 g/mol. The van der Waals surface area contributed by atoms with Crippen LogP contribution in [-0.2, 0) is 16.4 Å². The number of benzene rings is 1. The number of hydrogen-bond acceptors (Lipinski definition) is 3. The fraction of sp³-hybridized carbons (Fsp3) is 0.471. The Hall–Kier alpha value is -1.66. The van der Waals surface area contributed by atoms with Gasteiger partial charge in [0.15, 0.2) is 5.78 Å². The summed E-state index contributed by atoms with van der Waals surface area (Å²) < 4.78 is 27.3. The number of Topliss-reactive ketones (excluding diaryl/α,β-unsaturated/α-hetero) is 1. The van der Waals surface area contributed by atoms with Gasteiger partial charge in [-0.25, -0.2) is 8.42 Å². The van der Waals surface area contributed by atoms with Gasteiger partial charge in [0.1, 0.15) is 0 Å². The summed E-state index contributed by atoms with van der Waals surface area (Å²) in [6, 6.07) is 3.57. The Morgan fingerprint density at radius 3 is 2.57 bits per heavy atom. The molecule has 1 fully saturated rings. The average molecular weight is 332 g/mol. The highest BCUT2D eigenvalue weighted by Crippen LogP contribution is 2.33. The number of aromatic nitrogens is 1. The van der Waals surface area contributed by atoms with Crippen LogP contribution in [0, 0.1) is 6.92 Å². The van der Waals surface area contributed by atoms with E-state index in [4.69, 9.17) is 0 Å². The molecule has 0 saturated carbocycles. The van der Waals surface area contributed by atoms with E-state index in [9.17, 15) is 13.2 Å². The zero-order valence-electron chi connectivity index (χ0n) is 13.2. The number of nitrogens with one attached hydrogen (secondary N) is 1. The molecule has 5 nitrogen and oxygen atoms in total. The van der Waals surface area contributed by atoms with Crippen LogP contribution in [0.5, 0.6) is 0 Å². The molecule has 6 heteroatoms. The molecule has 1 aromatic carbocycles. The molecule has 0 spiro atoms. The molecule has 2 heterocycles. The van der Waals surface area contributed by atoms with Crippen molar-refractivity contribution in [2.45, 2.75) is 43.9 Å². The number of fused-ring (bicyclic) bond motifs is 3. The molecule has 0 unspecified atom stereocenters. The van der Waals surface area contributed by atoms with Gasteiger partial charge in [-0.2, -0.15) is 4.31 Å². The summed E-state index contributed by atoms with van der Waals surface area (Å²) in [6.45, 7) is 3.01. The first-order chi connectivity index (χ1) is 11.0. The molecule has 0 bridgehead atoms. The zero-order chi connectivity index (χ0) is 16.2. The lowest BCUT2D eigenvalue weighted by Gasteiger charge is -2.17. The number of rotatable bonds is 2. The highest BCUT2D eigenvalue weighted by molar-refractivity contribution is 7.89. The summed E-state index contributed by atoms with van der Waals surface area (Å²) >= 11 is 0. The Morgan fingerprint density at radius 2 is 1.83 bits per heavy atom. The molecule has 0 amide bonds. The first kappa shape index (κ1) is 14.9. The van der Waals surface area contributed by atoms with Gasteiger partial charge in [0.25, 0.3) is 0 Å². The molecule has 2 aliphatic rings.